The number of fused-ring (bicyclic) bond motifs is 1. The Morgan fingerprint density at radius 2 is 2.00 bits per heavy atom. The zero-order chi connectivity index (χ0) is 14.5. The Morgan fingerprint density at radius 3 is 2.86 bits per heavy atom. The van der Waals surface area contributed by atoms with Gasteiger partial charge in [-0.2, -0.15) is 0 Å². The summed E-state index contributed by atoms with van der Waals surface area (Å²) in [5.41, 5.74) is 2.66. The standard InChI is InChI=1S/C16H23N3OS/c21-16(17-7-3-8-18-10-12-20-13-11-18)19-9-6-14-4-1-2-5-15(14)19/h1-2,4-5H,3,6-13H2,(H,17,21). The molecule has 0 radical (unpaired) electrons. The molecule has 2 aliphatic rings. The number of thiocarbonyl (C=S) groups is 1. The van der Waals surface area contributed by atoms with Gasteiger partial charge in [0.1, 0.15) is 0 Å². The molecule has 0 atom stereocenters. The lowest BCUT2D eigenvalue weighted by atomic mass is 10.2. The van der Waals surface area contributed by atoms with Crippen molar-refractivity contribution in [2.24, 2.45) is 0 Å². The van der Waals surface area contributed by atoms with Crippen LogP contribution in [-0.2, 0) is 11.2 Å². The Balaban J connectivity index is 1.41. The molecule has 2 aliphatic heterocycles. The lowest BCUT2D eigenvalue weighted by molar-refractivity contribution is 0.0376. The lowest BCUT2D eigenvalue weighted by Gasteiger charge is -2.27. The monoisotopic (exact) mass is 305 g/mol. The summed E-state index contributed by atoms with van der Waals surface area (Å²) in [6.07, 6.45) is 2.21. The van der Waals surface area contributed by atoms with Crippen LogP contribution in [0.4, 0.5) is 5.69 Å². The number of nitrogens with one attached hydrogen (secondary N) is 1. The molecule has 5 heteroatoms. The van der Waals surface area contributed by atoms with Gasteiger partial charge in [0, 0.05) is 31.9 Å². The van der Waals surface area contributed by atoms with Gasteiger partial charge in [0.25, 0.3) is 0 Å². The Labute approximate surface area is 132 Å². The van der Waals surface area contributed by atoms with E-state index in [0.717, 1.165) is 63.9 Å². The Morgan fingerprint density at radius 1 is 1.19 bits per heavy atom. The van der Waals surface area contributed by atoms with Crippen LogP contribution in [0.25, 0.3) is 0 Å². The van der Waals surface area contributed by atoms with Crippen molar-refractivity contribution in [3.63, 3.8) is 0 Å². The van der Waals surface area contributed by atoms with Crippen molar-refractivity contribution in [2.75, 3.05) is 50.8 Å². The van der Waals surface area contributed by atoms with Gasteiger partial charge in [-0.25, -0.2) is 0 Å². The summed E-state index contributed by atoms with van der Waals surface area (Å²) < 4.78 is 5.36. The minimum Gasteiger partial charge on any atom is -0.379 e. The SMILES string of the molecule is S=C(NCCCN1CCOCC1)N1CCc2ccccc21. The largest absolute Gasteiger partial charge is 0.379 e. The lowest BCUT2D eigenvalue weighted by Crippen LogP contribution is -2.41. The molecule has 0 bridgehead atoms. The van der Waals surface area contributed by atoms with E-state index < -0.39 is 0 Å². The third-order valence-corrected chi connectivity index (χ3v) is 4.53. The number of para-hydroxylation sites is 1. The van der Waals surface area contributed by atoms with Gasteiger partial charge < -0.3 is 15.0 Å². The molecule has 114 valence electrons. The minimum atomic E-state index is 0.863. The van der Waals surface area contributed by atoms with E-state index in [2.05, 4.69) is 39.4 Å². The number of hydrogen-bond acceptors (Lipinski definition) is 3. The summed E-state index contributed by atoms with van der Waals surface area (Å²) in [4.78, 5) is 4.68. The van der Waals surface area contributed by atoms with Crippen LogP contribution in [0.2, 0.25) is 0 Å². The van der Waals surface area contributed by atoms with Gasteiger partial charge in [-0.15, -0.1) is 0 Å². The number of ether oxygens (including phenoxy) is 1. The van der Waals surface area contributed by atoms with E-state index in [-0.39, 0.29) is 0 Å². The average Bonchev–Trinajstić information content (AvgIpc) is 2.96. The molecule has 21 heavy (non-hydrogen) atoms. The second kappa shape index (κ2) is 7.20. The van der Waals surface area contributed by atoms with E-state index in [1.54, 1.807) is 0 Å². The fourth-order valence-corrected chi connectivity index (χ4v) is 3.26. The number of morpholine rings is 1. The zero-order valence-electron chi connectivity index (χ0n) is 12.4. The third kappa shape index (κ3) is 3.73. The molecule has 0 amide bonds. The first-order valence-corrected chi connectivity index (χ1v) is 8.19. The van der Waals surface area contributed by atoms with E-state index in [4.69, 9.17) is 17.0 Å². The predicted octanol–water partition coefficient (Wildman–Crippen LogP) is 1.65. The van der Waals surface area contributed by atoms with Crippen molar-refractivity contribution < 1.29 is 4.74 Å². The molecule has 1 N–H and O–H groups in total. The molecule has 0 spiro atoms. The number of hydrogen-bond donors (Lipinski definition) is 1. The van der Waals surface area contributed by atoms with Gasteiger partial charge in [-0.05, 0) is 43.2 Å². The second-order valence-electron chi connectivity index (χ2n) is 5.57. The highest BCUT2D eigenvalue weighted by Crippen LogP contribution is 2.27. The van der Waals surface area contributed by atoms with Crippen molar-refractivity contribution in [1.29, 1.82) is 0 Å². The second-order valence-corrected chi connectivity index (χ2v) is 5.96. The maximum atomic E-state index is 5.54. The highest BCUT2D eigenvalue weighted by atomic mass is 32.1. The zero-order valence-corrected chi connectivity index (χ0v) is 13.2. The summed E-state index contributed by atoms with van der Waals surface area (Å²) in [7, 11) is 0. The van der Waals surface area contributed by atoms with Gasteiger partial charge in [0.15, 0.2) is 5.11 Å². The molecule has 0 saturated carbocycles. The van der Waals surface area contributed by atoms with Crippen molar-refractivity contribution >= 4 is 23.0 Å². The molecule has 0 unspecified atom stereocenters. The van der Waals surface area contributed by atoms with Crippen LogP contribution in [0.15, 0.2) is 24.3 Å². The van der Waals surface area contributed by atoms with Crippen LogP contribution in [0.1, 0.15) is 12.0 Å². The normalized spacial score (nSPS) is 18.6. The van der Waals surface area contributed by atoms with E-state index in [1.807, 2.05) is 0 Å². The first kappa shape index (κ1) is 14.8. The molecule has 1 fully saturated rings. The van der Waals surface area contributed by atoms with Crippen LogP contribution in [0.3, 0.4) is 0 Å². The summed E-state index contributed by atoms with van der Waals surface area (Å²) in [6.45, 7) is 6.92. The molecule has 2 heterocycles. The molecular weight excluding hydrogens is 282 g/mol. The molecule has 4 nitrogen and oxygen atoms in total. The Bertz CT molecular complexity index is 488. The maximum Gasteiger partial charge on any atom is 0.173 e. The quantitative estimate of drug-likeness (QED) is 0.674. The van der Waals surface area contributed by atoms with Crippen molar-refractivity contribution in [3.05, 3.63) is 29.8 Å². The van der Waals surface area contributed by atoms with Crippen LogP contribution >= 0.6 is 12.2 Å². The van der Waals surface area contributed by atoms with Gasteiger partial charge in [0.2, 0.25) is 0 Å². The average molecular weight is 305 g/mol. The summed E-state index contributed by atoms with van der Waals surface area (Å²) >= 11 is 5.54. The molecule has 0 aromatic heterocycles. The molecule has 1 aromatic carbocycles. The Kier molecular flexibility index (Phi) is 5.06. The minimum absolute atomic E-state index is 0.863. The smallest absolute Gasteiger partial charge is 0.173 e. The molecule has 1 aromatic rings. The van der Waals surface area contributed by atoms with Crippen molar-refractivity contribution in [2.45, 2.75) is 12.8 Å². The van der Waals surface area contributed by atoms with Gasteiger partial charge in [-0.3, -0.25) is 4.90 Å². The number of benzene rings is 1. The van der Waals surface area contributed by atoms with Gasteiger partial charge in [-0.1, -0.05) is 18.2 Å². The predicted molar refractivity (Wildman–Crippen MR) is 90.0 cm³/mol. The van der Waals surface area contributed by atoms with Crippen LogP contribution in [-0.4, -0.2) is 55.9 Å². The van der Waals surface area contributed by atoms with E-state index in [0.29, 0.717) is 0 Å². The number of rotatable bonds is 4. The van der Waals surface area contributed by atoms with Gasteiger partial charge in [0.05, 0.1) is 13.2 Å². The molecular formula is C16H23N3OS. The molecule has 3 rings (SSSR count). The van der Waals surface area contributed by atoms with E-state index in [9.17, 15) is 0 Å². The highest BCUT2D eigenvalue weighted by Gasteiger charge is 2.21. The van der Waals surface area contributed by atoms with Gasteiger partial charge >= 0.3 is 0 Å². The first-order chi connectivity index (χ1) is 10.3. The maximum absolute atomic E-state index is 5.54. The highest BCUT2D eigenvalue weighted by molar-refractivity contribution is 7.80. The van der Waals surface area contributed by atoms with E-state index >= 15 is 0 Å². The molecule has 0 aliphatic carbocycles. The van der Waals surface area contributed by atoms with Crippen LogP contribution in [0.5, 0.6) is 0 Å². The summed E-state index contributed by atoms with van der Waals surface area (Å²) in [6, 6.07) is 8.53. The first-order valence-electron chi connectivity index (χ1n) is 7.78. The Hall–Kier alpha value is -1.17. The summed E-state index contributed by atoms with van der Waals surface area (Å²) in [5.74, 6) is 0. The number of nitrogens with zero attached hydrogens (tertiary/aromatic N) is 2. The topological polar surface area (TPSA) is 27.7 Å². The van der Waals surface area contributed by atoms with Crippen molar-refractivity contribution in [3.8, 4) is 0 Å². The van der Waals surface area contributed by atoms with Crippen LogP contribution < -0.4 is 10.2 Å². The fraction of sp³-hybridized carbons (Fsp3) is 0.562. The molecule has 1 saturated heterocycles. The summed E-state index contributed by atoms with van der Waals surface area (Å²) in [5, 5.41) is 4.27. The third-order valence-electron chi connectivity index (χ3n) is 4.16. The number of anilines is 1. The van der Waals surface area contributed by atoms with Crippen molar-refractivity contribution in [1.82, 2.24) is 10.2 Å². The van der Waals surface area contributed by atoms with E-state index in [1.165, 1.54) is 11.3 Å². The fourth-order valence-electron chi connectivity index (χ4n) is 2.97. The van der Waals surface area contributed by atoms with Crippen LogP contribution in [0, 0.1) is 0 Å².